The van der Waals surface area contributed by atoms with E-state index in [2.05, 4.69) is 9.97 Å². The van der Waals surface area contributed by atoms with Gasteiger partial charge in [0.25, 0.3) is 5.91 Å². The highest BCUT2D eigenvalue weighted by Crippen LogP contribution is 2.26. The van der Waals surface area contributed by atoms with Gasteiger partial charge in [0.2, 0.25) is 5.56 Å². The summed E-state index contributed by atoms with van der Waals surface area (Å²) < 4.78 is 1.87. The smallest absolute Gasteiger partial charge is 0.254 e. The van der Waals surface area contributed by atoms with Crippen LogP contribution in [0.2, 0.25) is 0 Å². The minimum atomic E-state index is -0.255. The van der Waals surface area contributed by atoms with E-state index in [0.29, 0.717) is 18.7 Å². The Balaban J connectivity index is 1.83. The number of H-pyrrole nitrogens is 1. The van der Waals surface area contributed by atoms with E-state index in [9.17, 15) is 9.59 Å². The lowest BCUT2D eigenvalue weighted by Gasteiger charge is -2.17. The van der Waals surface area contributed by atoms with Gasteiger partial charge < -0.3 is 20.2 Å². The summed E-state index contributed by atoms with van der Waals surface area (Å²) in [5.41, 5.74) is 8.04. The molecular formula is C17H23N5O2. The van der Waals surface area contributed by atoms with Gasteiger partial charge >= 0.3 is 0 Å². The molecule has 1 aliphatic rings. The Morgan fingerprint density at radius 1 is 1.38 bits per heavy atom. The van der Waals surface area contributed by atoms with Gasteiger partial charge in [0.05, 0.1) is 12.0 Å². The number of likely N-dealkylation sites (tertiary alicyclic amines) is 1. The predicted octanol–water partition coefficient (Wildman–Crippen LogP) is 0.799. The summed E-state index contributed by atoms with van der Waals surface area (Å²) in [7, 11) is 1.91. The van der Waals surface area contributed by atoms with Crippen LogP contribution in [0.1, 0.15) is 47.4 Å². The minimum absolute atomic E-state index is 0.0155. The van der Waals surface area contributed by atoms with E-state index in [1.807, 2.05) is 31.7 Å². The summed E-state index contributed by atoms with van der Waals surface area (Å²) in [6, 6.07) is 2.96. The molecule has 1 fully saturated rings. The molecule has 7 nitrogen and oxygen atoms in total. The fraction of sp³-hybridized carbons (Fsp3) is 0.471. The molecule has 0 spiro atoms. The fourth-order valence-electron chi connectivity index (χ4n) is 3.11. The number of rotatable bonds is 3. The lowest BCUT2D eigenvalue weighted by molar-refractivity contribution is 0.0788. The van der Waals surface area contributed by atoms with Crippen LogP contribution in [0.3, 0.4) is 0 Å². The Morgan fingerprint density at radius 3 is 2.75 bits per heavy atom. The van der Waals surface area contributed by atoms with Gasteiger partial charge in [-0.05, 0) is 12.0 Å². The number of nitrogens with one attached hydrogen (secondary N) is 1. The zero-order valence-electron chi connectivity index (χ0n) is 14.2. The lowest BCUT2D eigenvalue weighted by Crippen LogP contribution is -2.32. The first-order valence-corrected chi connectivity index (χ1v) is 8.12. The van der Waals surface area contributed by atoms with E-state index in [4.69, 9.17) is 5.73 Å². The van der Waals surface area contributed by atoms with Gasteiger partial charge in [-0.1, -0.05) is 13.8 Å². The van der Waals surface area contributed by atoms with Crippen molar-refractivity contribution in [2.45, 2.75) is 31.7 Å². The summed E-state index contributed by atoms with van der Waals surface area (Å²) in [6.07, 6.45) is 3.67. The zero-order chi connectivity index (χ0) is 17.4. The van der Waals surface area contributed by atoms with Crippen molar-refractivity contribution in [2.24, 2.45) is 12.8 Å². The summed E-state index contributed by atoms with van der Waals surface area (Å²) >= 11 is 0. The molecule has 2 atom stereocenters. The number of hydrogen-bond donors (Lipinski definition) is 2. The Morgan fingerprint density at radius 2 is 2.12 bits per heavy atom. The number of imidazole rings is 1. The summed E-state index contributed by atoms with van der Waals surface area (Å²) in [5, 5.41) is 0. The molecule has 2 aromatic heterocycles. The molecule has 0 radical (unpaired) electrons. The maximum atomic E-state index is 12.8. The first-order valence-electron chi connectivity index (χ1n) is 8.12. The third kappa shape index (κ3) is 3.12. The number of carbonyl (C=O) groups is 1. The van der Waals surface area contributed by atoms with Crippen molar-refractivity contribution in [2.75, 3.05) is 13.1 Å². The Labute approximate surface area is 140 Å². The van der Waals surface area contributed by atoms with E-state index in [1.54, 1.807) is 17.3 Å². The maximum Gasteiger partial charge on any atom is 0.254 e. The molecule has 1 aliphatic heterocycles. The monoisotopic (exact) mass is 329 g/mol. The number of pyridine rings is 1. The van der Waals surface area contributed by atoms with E-state index < -0.39 is 0 Å². The average Bonchev–Trinajstić information content (AvgIpc) is 3.11. The molecule has 24 heavy (non-hydrogen) atoms. The van der Waals surface area contributed by atoms with Gasteiger partial charge in [-0.3, -0.25) is 9.59 Å². The average molecular weight is 329 g/mol. The van der Waals surface area contributed by atoms with E-state index in [-0.39, 0.29) is 29.3 Å². The van der Waals surface area contributed by atoms with Crippen LogP contribution in [0.25, 0.3) is 0 Å². The molecule has 7 heteroatoms. The highest BCUT2D eigenvalue weighted by Gasteiger charge is 2.35. The SMILES string of the molecule is CC(C)c1cc(C(=O)N2C[C@@H](N)[C@H](c3cn(C)cn3)C2)cc(=O)[nH]1. The van der Waals surface area contributed by atoms with Gasteiger partial charge in [0, 0.05) is 55.6 Å². The largest absolute Gasteiger partial charge is 0.340 e. The summed E-state index contributed by atoms with van der Waals surface area (Å²) in [6.45, 7) is 4.93. The standard InChI is InChI=1S/C17H23N5O2/c1-10(2)14-4-11(5-16(23)20-14)17(24)22-6-12(13(18)7-22)15-8-21(3)9-19-15/h4-5,8-10,12-13H,6-7,18H2,1-3H3,(H,20,23)/t12-,13-/m1/s1. The fourth-order valence-corrected chi connectivity index (χ4v) is 3.11. The van der Waals surface area contributed by atoms with Crippen molar-refractivity contribution in [1.82, 2.24) is 19.4 Å². The van der Waals surface area contributed by atoms with Gasteiger partial charge in [0.15, 0.2) is 0 Å². The molecule has 1 saturated heterocycles. The van der Waals surface area contributed by atoms with Gasteiger partial charge in [-0.25, -0.2) is 4.98 Å². The summed E-state index contributed by atoms with van der Waals surface area (Å²) in [4.78, 5) is 33.5. The number of aromatic nitrogens is 3. The lowest BCUT2D eigenvalue weighted by atomic mass is 10.0. The second-order valence-corrected chi connectivity index (χ2v) is 6.79. The number of hydrogen-bond acceptors (Lipinski definition) is 4. The molecule has 0 aromatic carbocycles. The highest BCUT2D eigenvalue weighted by atomic mass is 16.2. The minimum Gasteiger partial charge on any atom is -0.340 e. The van der Waals surface area contributed by atoms with Crippen LogP contribution in [-0.4, -0.2) is 44.5 Å². The molecule has 3 heterocycles. The normalized spacial score (nSPS) is 20.8. The molecule has 0 unspecified atom stereocenters. The van der Waals surface area contributed by atoms with Crippen LogP contribution < -0.4 is 11.3 Å². The van der Waals surface area contributed by atoms with Crippen molar-refractivity contribution < 1.29 is 4.79 Å². The van der Waals surface area contributed by atoms with Crippen LogP contribution in [0.4, 0.5) is 0 Å². The molecule has 2 aromatic rings. The highest BCUT2D eigenvalue weighted by molar-refractivity contribution is 5.94. The zero-order valence-corrected chi connectivity index (χ0v) is 14.2. The second kappa shape index (κ2) is 6.24. The Kier molecular flexibility index (Phi) is 4.28. The van der Waals surface area contributed by atoms with Crippen LogP contribution in [-0.2, 0) is 7.05 Å². The van der Waals surface area contributed by atoms with E-state index in [0.717, 1.165) is 11.4 Å². The van der Waals surface area contributed by atoms with Crippen LogP contribution in [0.5, 0.6) is 0 Å². The van der Waals surface area contributed by atoms with Crippen LogP contribution in [0, 0.1) is 0 Å². The number of aryl methyl sites for hydroxylation is 1. The van der Waals surface area contributed by atoms with Crippen molar-refractivity contribution in [3.63, 3.8) is 0 Å². The maximum absolute atomic E-state index is 12.8. The molecule has 3 rings (SSSR count). The molecule has 0 aliphatic carbocycles. The number of carbonyl (C=O) groups excluding carboxylic acids is 1. The van der Waals surface area contributed by atoms with E-state index >= 15 is 0 Å². The second-order valence-electron chi connectivity index (χ2n) is 6.79. The Hall–Kier alpha value is -2.41. The number of nitrogens with zero attached hydrogens (tertiary/aromatic N) is 3. The first kappa shape index (κ1) is 16.4. The topological polar surface area (TPSA) is 97.0 Å². The third-order valence-corrected chi connectivity index (χ3v) is 4.49. The van der Waals surface area contributed by atoms with Gasteiger partial charge in [0.1, 0.15) is 0 Å². The number of aromatic amines is 1. The molecule has 128 valence electrons. The third-order valence-electron chi connectivity index (χ3n) is 4.49. The number of amides is 1. The molecule has 0 saturated carbocycles. The van der Waals surface area contributed by atoms with Crippen molar-refractivity contribution in [3.8, 4) is 0 Å². The molecule has 3 N–H and O–H groups in total. The van der Waals surface area contributed by atoms with Crippen molar-refractivity contribution in [3.05, 3.63) is 52.0 Å². The molecule has 1 amide bonds. The molecule has 0 bridgehead atoms. The Bertz CT molecular complexity index is 807. The first-order chi connectivity index (χ1) is 11.3. The van der Waals surface area contributed by atoms with Gasteiger partial charge in [-0.15, -0.1) is 0 Å². The molecular weight excluding hydrogens is 306 g/mol. The van der Waals surface area contributed by atoms with Crippen LogP contribution in [0.15, 0.2) is 29.5 Å². The van der Waals surface area contributed by atoms with Crippen LogP contribution >= 0.6 is 0 Å². The van der Waals surface area contributed by atoms with E-state index in [1.165, 1.54) is 6.07 Å². The van der Waals surface area contributed by atoms with Gasteiger partial charge in [-0.2, -0.15) is 0 Å². The summed E-state index contributed by atoms with van der Waals surface area (Å²) in [5.74, 6) is 0.00569. The number of nitrogens with two attached hydrogens (primary N) is 1. The predicted molar refractivity (Wildman–Crippen MR) is 91.0 cm³/mol. The van der Waals surface area contributed by atoms with Crippen molar-refractivity contribution in [1.29, 1.82) is 0 Å². The quantitative estimate of drug-likeness (QED) is 0.870. The van der Waals surface area contributed by atoms with Crippen molar-refractivity contribution >= 4 is 5.91 Å².